The fraction of sp³-hybridized carbons (Fsp3) is 0.263. The van der Waals surface area contributed by atoms with Crippen LogP contribution in [0, 0.1) is 5.41 Å². The van der Waals surface area contributed by atoms with Gasteiger partial charge in [-0.1, -0.05) is 63.3 Å². The van der Waals surface area contributed by atoms with Gasteiger partial charge in [0.05, 0.1) is 5.71 Å². The van der Waals surface area contributed by atoms with Crippen molar-refractivity contribution in [1.82, 2.24) is 0 Å². The van der Waals surface area contributed by atoms with Gasteiger partial charge in [0.2, 0.25) is 0 Å². The van der Waals surface area contributed by atoms with Crippen LogP contribution in [0.4, 0.5) is 0 Å². The first-order valence-electron chi connectivity index (χ1n) is 7.22. The van der Waals surface area contributed by atoms with E-state index in [4.69, 9.17) is 5.41 Å². The second kappa shape index (κ2) is 6.49. The van der Waals surface area contributed by atoms with Crippen LogP contribution < -0.4 is 0 Å². The Kier molecular flexibility index (Phi) is 4.69. The van der Waals surface area contributed by atoms with Gasteiger partial charge in [0.15, 0.2) is 0 Å². The number of nitrogens with one attached hydrogen (secondary N) is 1. The van der Waals surface area contributed by atoms with E-state index in [1.165, 1.54) is 11.8 Å². The topological polar surface area (TPSA) is 36.2 Å². The molecule has 0 aromatic heterocycles. The summed E-state index contributed by atoms with van der Waals surface area (Å²) in [5, 5.41) is 7.20. The SMILES string of the molecule is CC(C)(C)c1ccc(C2=N/C=C(CC=N)\C=C\C=C\2)cc1. The van der Waals surface area contributed by atoms with Crippen molar-refractivity contribution in [3.05, 3.63) is 71.5 Å². The van der Waals surface area contributed by atoms with Crippen molar-refractivity contribution in [2.24, 2.45) is 4.99 Å². The van der Waals surface area contributed by atoms with E-state index in [-0.39, 0.29) is 5.41 Å². The van der Waals surface area contributed by atoms with Crippen molar-refractivity contribution in [2.75, 3.05) is 0 Å². The van der Waals surface area contributed by atoms with Gasteiger partial charge in [-0.3, -0.25) is 4.99 Å². The Morgan fingerprint density at radius 2 is 1.71 bits per heavy atom. The summed E-state index contributed by atoms with van der Waals surface area (Å²) >= 11 is 0. The Labute approximate surface area is 127 Å². The largest absolute Gasteiger partial charge is 0.313 e. The lowest BCUT2D eigenvalue weighted by Gasteiger charge is -2.19. The minimum absolute atomic E-state index is 0.164. The Morgan fingerprint density at radius 3 is 2.33 bits per heavy atom. The molecule has 0 spiro atoms. The standard InChI is InChI=1S/C19H22N2/c1-19(2,3)17-10-8-16(9-11-17)18-7-5-4-6-15(12-13-20)14-21-18/h4-11,13-14,20H,12H2,1-3H3/b5-4?,6-4+,7-5+,15-6?,15-14+,18-7?,20-13?,21-14?,21-18+. The number of allylic oxidation sites excluding steroid dienone is 5. The van der Waals surface area contributed by atoms with Gasteiger partial charge in [0, 0.05) is 18.2 Å². The molecular formula is C19H22N2. The van der Waals surface area contributed by atoms with Crippen LogP contribution in [0.2, 0.25) is 0 Å². The van der Waals surface area contributed by atoms with Crippen LogP contribution >= 0.6 is 0 Å². The van der Waals surface area contributed by atoms with Gasteiger partial charge < -0.3 is 5.41 Å². The van der Waals surface area contributed by atoms with E-state index >= 15 is 0 Å². The maximum absolute atomic E-state index is 7.20. The zero-order valence-electron chi connectivity index (χ0n) is 12.9. The number of hydrogen-bond donors (Lipinski definition) is 1. The molecule has 0 radical (unpaired) electrons. The van der Waals surface area contributed by atoms with E-state index in [1.54, 1.807) is 0 Å². The summed E-state index contributed by atoms with van der Waals surface area (Å²) in [7, 11) is 0. The molecule has 0 saturated heterocycles. The highest BCUT2D eigenvalue weighted by atomic mass is 14.7. The Morgan fingerprint density at radius 1 is 1.05 bits per heavy atom. The van der Waals surface area contributed by atoms with E-state index in [9.17, 15) is 0 Å². The van der Waals surface area contributed by atoms with Gasteiger partial charge in [0.25, 0.3) is 0 Å². The molecule has 2 nitrogen and oxygen atoms in total. The fourth-order valence-electron chi connectivity index (χ4n) is 2.11. The molecule has 21 heavy (non-hydrogen) atoms. The number of aliphatic imine (C=N–C) groups is 1. The third-order valence-electron chi connectivity index (χ3n) is 3.43. The lowest BCUT2D eigenvalue weighted by Crippen LogP contribution is -2.11. The van der Waals surface area contributed by atoms with Gasteiger partial charge in [-0.05, 0) is 28.8 Å². The third kappa shape index (κ3) is 4.12. The van der Waals surface area contributed by atoms with Crippen LogP contribution in [0.25, 0.3) is 0 Å². The number of hydrogen-bond acceptors (Lipinski definition) is 2. The summed E-state index contributed by atoms with van der Waals surface area (Å²) in [5.41, 5.74) is 4.58. The van der Waals surface area contributed by atoms with E-state index in [2.05, 4.69) is 50.0 Å². The zero-order chi connectivity index (χ0) is 15.3. The molecular weight excluding hydrogens is 256 g/mol. The van der Waals surface area contributed by atoms with Gasteiger partial charge in [-0.25, -0.2) is 0 Å². The van der Waals surface area contributed by atoms with Crippen molar-refractivity contribution < 1.29 is 0 Å². The van der Waals surface area contributed by atoms with E-state index in [0.717, 1.165) is 16.8 Å². The quantitative estimate of drug-likeness (QED) is 0.769. The maximum Gasteiger partial charge on any atom is 0.0702 e. The fourth-order valence-corrected chi connectivity index (χ4v) is 2.11. The zero-order valence-corrected chi connectivity index (χ0v) is 12.9. The minimum Gasteiger partial charge on any atom is -0.313 e. The van der Waals surface area contributed by atoms with Crippen molar-refractivity contribution in [2.45, 2.75) is 32.6 Å². The number of rotatable bonds is 3. The summed E-state index contributed by atoms with van der Waals surface area (Å²) < 4.78 is 0. The van der Waals surface area contributed by atoms with Gasteiger partial charge in [-0.2, -0.15) is 0 Å². The van der Waals surface area contributed by atoms with Crippen molar-refractivity contribution in [1.29, 1.82) is 5.41 Å². The molecule has 108 valence electrons. The highest BCUT2D eigenvalue weighted by molar-refractivity contribution is 6.09. The lowest BCUT2D eigenvalue weighted by atomic mass is 9.86. The second-order valence-corrected chi connectivity index (χ2v) is 6.17. The van der Waals surface area contributed by atoms with E-state index in [1.807, 2.05) is 30.5 Å². The minimum atomic E-state index is 0.164. The molecule has 0 atom stereocenters. The molecule has 1 heterocycles. The van der Waals surface area contributed by atoms with E-state index < -0.39 is 0 Å². The van der Waals surface area contributed by atoms with Gasteiger partial charge in [-0.15, -0.1) is 0 Å². The third-order valence-corrected chi connectivity index (χ3v) is 3.43. The molecule has 0 saturated carbocycles. The first kappa shape index (κ1) is 15.2. The van der Waals surface area contributed by atoms with Crippen LogP contribution in [-0.4, -0.2) is 11.9 Å². The average molecular weight is 278 g/mol. The summed E-state index contributed by atoms with van der Waals surface area (Å²) in [6.45, 7) is 6.64. The maximum atomic E-state index is 7.20. The molecule has 0 fully saturated rings. The van der Waals surface area contributed by atoms with Crippen LogP contribution in [0.15, 0.2) is 65.3 Å². The molecule has 0 bridgehead atoms. The molecule has 1 aliphatic heterocycles. The summed E-state index contributed by atoms with van der Waals surface area (Å²) in [5.74, 6) is 0. The highest BCUT2D eigenvalue weighted by Crippen LogP contribution is 2.22. The van der Waals surface area contributed by atoms with Crippen LogP contribution in [0.3, 0.4) is 0 Å². The van der Waals surface area contributed by atoms with E-state index in [0.29, 0.717) is 6.42 Å². The van der Waals surface area contributed by atoms with Crippen molar-refractivity contribution >= 4 is 11.9 Å². The molecule has 1 N–H and O–H groups in total. The lowest BCUT2D eigenvalue weighted by molar-refractivity contribution is 0.590. The molecule has 2 heteroatoms. The molecule has 0 aliphatic carbocycles. The molecule has 2 rings (SSSR count). The summed E-state index contributed by atoms with van der Waals surface area (Å²) in [6.07, 6.45) is 11.8. The first-order valence-corrected chi connectivity index (χ1v) is 7.22. The monoisotopic (exact) mass is 278 g/mol. The normalized spacial score (nSPS) is 23.0. The molecule has 0 amide bonds. The predicted octanol–water partition coefficient (Wildman–Crippen LogP) is 4.82. The van der Waals surface area contributed by atoms with Crippen LogP contribution in [0.5, 0.6) is 0 Å². The van der Waals surface area contributed by atoms with Crippen LogP contribution in [-0.2, 0) is 5.41 Å². The second-order valence-electron chi connectivity index (χ2n) is 6.17. The first-order chi connectivity index (χ1) is 10.0. The molecule has 1 aromatic carbocycles. The Balaban J connectivity index is 2.30. The highest BCUT2D eigenvalue weighted by Gasteiger charge is 2.13. The number of nitrogens with zero attached hydrogens (tertiary/aromatic N) is 1. The molecule has 1 aromatic rings. The van der Waals surface area contributed by atoms with Crippen molar-refractivity contribution in [3.63, 3.8) is 0 Å². The Hall–Kier alpha value is -2.22. The summed E-state index contributed by atoms with van der Waals surface area (Å²) in [6, 6.07) is 8.59. The summed E-state index contributed by atoms with van der Waals surface area (Å²) in [4.78, 5) is 4.56. The molecule has 0 unspecified atom stereocenters. The number of benzene rings is 1. The molecule has 1 aliphatic rings. The van der Waals surface area contributed by atoms with Crippen LogP contribution in [0.1, 0.15) is 38.3 Å². The Bertz CT molecular complexity index is 621. The average Bonchev–Trinajstić information content (AvgIpc) is 2.42. The van der Waals surface area contributed by atoms with Gasteiger partial charge in [0.1, 0.15) is 0 Å². The smallest absolute Gasteiger partial charge is 0.0702 e. The van der Waals surface area contributed by atoms with Crippen molar-refractivity contribution in [3.8, 4) is 0 Å². The predicted molar refractivity (Wildman–Crippen MR) is 91.4 cm³/mol. The van der Waals surface area contributed by atoms with Gasteiger partial charge >= 0.3 is 0 Å².